The Balaban J connectivity index is 1.78. The molecule has 0 saturated heterocycles. The Labute approximate surface area is 171 Å². The number of hydrogen-bond donors (Lipinski definition) is 2. The molecule has 154 valence electrons. The smallest absolute Gasteiger partial charge is 0.240 e. The molecule has 3 rings (SSSR count). The highest BCUT2D eigenvalue weighted by molar-refractivity contribution is 6.17. The Bertz CT molecular complexity index is 932. The maximum atomic E-state index is 13.1. The van der Waals surface area contributed by atoms with Crippen molar-refractivity contribution < 1.29 is 19.1 Å². The fourth-order valence-corrected chi connectivity index (χ4v) is 3.42. The first-order valence-electron chi connectivity index (χ1n) is 9.77. The molecule has 1 aliphatic rings. The highest BCUT2D eigenvalue weighted by Crippen LogP contribution is 2.48. The summed E-state index contributed by atoms with van der Waals surface area (Å²) < 4.78 is 10.5. The van der Waals surface area contributed by atoms with Gasteiger partial charge in [-0.15, -0.1) is 0 Å². The van der Waals surface area contributed by atoms with Gasteiger partial charge in [0, 0.05) is 17.4 Å². The van der Waals surface area contributed by atoms with Gasteiger partial charge in [0.25, 0.3) is 0 Å². The van der Waals surface area contributed by atoms with Crippen LogP contribution in [-0.2, 0) is 9.59 Å². The third-order valence-electron chi connectivity index (χ3n) is 5.43. The maximum Gasteiger partial charge on any atom is 0.240 e. The second kappa shape index (κ2) is 8.15. The summed E-state index contributed by atoms with van der Waals surface area (Å²) in [5.74, 6) is 0.792. The number of aryl methyl sites for hydroxylation is 1. The van der Waals surface area contributed by atoms with Gasteiger partial charge in [0.15, 0.2) is 11.5 Å². The van der Waals surface area contributed by atoms with Gasteiger partial charge in [-0.1, -0.05) is 32.0 Å². The number of rotatable bonds is 7. The zero-order valence-corrected chi connectivity index (χ0v) is 17.6. The number of benzene rings is 2. The molecule has 2 N–H and O–H groups in total. The Kier molecular flexibility index (Phi) is 5.82. The summed E-state index contributed by atoms with van der Waals surface area (Å²) in [6.45, 7) is 6.13. The molecular weight excluding hydrogens is 368 g/mol. The van der Waals surface area contributed by atoms with Gasteiger partial charge in [0.05, 0.1) is 14.2 Å². The molecule has 2 aromatic carbocycles. The predicted octanol–water partition coefficient (Wildman–Crippen LogP) is 4.49. The second-order valence-electron chi connectivity index (χ2n) is 7.75. The molecule has 0 aromatic heterocycles. The zero-order valence-electron chi connectivity index (χ0n) is 17.6. The molecule has 1 saturated carbocycles. The molecule has 1 fully saturated rings. The summed E-state index contributed by atoms with van der Waals surface area (Å²) >= 11 is 0. The first kappa shape index (κ1) is 20.7. The number of para-hydroxylation sites is 1. The second-order valence-corrected chi connectivity index (χ2v) is 7.75. The first-order valence-corrected chi connectivity index (χ1v) is 9.77. The Morgan fingerprint density at radius 3 is 2.21 bits per heavy atom. The molecule has 2 aromatic rings. The normalized spacial score (nSPS) is 14.3. The number of carbonyl (C=O) groups is 2. The topological polar surface area (TPSA) is 76.7 Å². The molecule has 0 radical (unpaired) electrons. The molecule has 2 amide bonds. The highest BCUT2D eigenvalue weighted by atomic mass is 16.5. The lowest BCUT2D eigenvalue weighted by Crippen LogP contribution is -2.36. The Morgan fingerprint density at radius 1 is 0.966 bits per heavy atom. The van der Waals surface area contributed by atoms with E-state index in [1.165, 1.54) is 7.11 Å². The Hall–Kier alpha value is -3.02. The molecular formula is C23H28N2O4. The summed E-state index contributed by atoms with van der Waals surface area (Å²) in [5, 5.41) is 5.88. The van der Waals surface area contributed by atoms with Crippen molar-refractivity contribution in [2.45, 2.75) is 39.5 Å². The van der Waals surface area contributed by atoms with E-state index in [-0.39, 0.29) is 17.7 Å². The third-order valence-corrected chi connectivity index (χ3v) is 5.43. The van der Waals surface area contributed by atoms with Crippen molar-refractivity contribution in [3.8, 4) is 11.5 Å². The molecule has 0 heterocycles. The molecule has 0 unspecified atom stereocenters. The molecule has 29 heavy (non-hydrogen) atoms. The van der Waals surface area contributed by atoms with Gasteiger partial charge in [-0.3, -0.25) is 9.59 Å². The van der Waals surface area contributed by atoms with Crippen LogP contribution < -0.4 is 20.1 Å². The average Bonchev–Trinajstić information content (AvgIpc) is 3.51. The third kappa shape index (κ3) is 4.06. The fraction of sp³-hybridized carbons (Fsp3) is 0.391. The monoisotopic (exact) mass is 396 g/mol. The first-order chi connectivity index (χ1) is 13.8. The van der Waals surface area contributed by atoms with Crippen LogP contribution in [0.4, 0.5) is 11.4 Å². The van der Waals surface area contributed by atoms with Gasteiger partial charge in [-0.05, 0) is 48.9 Å². The molecule has 0 spiro atoms. The minimum Gasteiger partial charge on any atom is -0.493 e. The van der Waals surface area contributed by atoms with Crippen molar-refractivity contribution in [3.05, 3.63) is 47.5 Å². The van der Waals surface area contributed by atoms with Crippen LogP contribution in [0.25, 0.3) is 0 Å². The molecule has 0 aliphatic heterocycles. The number of carbonyl (C=O) groups excluding carboxylic acids is 2. The van der Waals surface area contributed by atoms with Crippen LogP contribution in [0.1, 0.15) is 43.7 Å². The van der Waals surface area contributed by atoms with Crippen LogP contribution in [-0.4, -0.2) is 26.0 Å². The van der Waals surface area contributed by atoms with Crippen molar-refractivity contribution in [1.29, 1.82) is 0 Å². The van der Waals surface area contributed by atoms with Crippen LogP contribution >= 0.6 is 0 Å². The standard InChI is InChI=1S/C23H28N2O4/c1-14(2)17-8-6-7-15(3)20(17)25-22(27)23(11-12-23)21(26)24-16-9-10-18(28-4)19(13-16)29-5/h6-10,13-14H,11-12H2,1-5H3,(H,24,26)(H,25,27). The molecule has 1 aliphatic carbocycles. The quantitative estimate of drug-likeness (QED) is 0.676. The maximum absolute atomic E-state index is 13.1. The number of methoxy groups -OCH3 is 2. The Morgan fingerprint density at radius 2 is 1.62 bits per heavy atom. The minimum atomic E-state index is -1.04. The zero-order chi connectivity index (χ0) is 21.2. The van der Waals surface area contributed by atoms with Crippen LogP contribution in [0.2, 0.25) is 0 Å². The van der Waals surface area contributed by atoms with Crippen molar-refractivity contribution >= 4 is 23.2 Å². The van der Waals surface area contributed by atoms with E-state index in [0.717, 1.165) is 16.8 Å². The van der Waals surface area contributed by atoms with E-state index in [9.17, 15) is 9.59 Å². The number of anilines is 2. The summed E-state index contributed by atoms with van der Waals surface area (Å²) in [6, 6.07) is 11.1. The van der Waals surface area contributed by atoms with Crippen molar-refractivity contribution in [2.24, 2.45) is 5.41 Å². The lowest BCUT2D eigenvalue weighted by Gasteiger charge is -2.20. The van der Waals surface area contributed by atoms with E-state index < -0.39 is 5.41 Å². The van der Waals surface area contributed by atoms with Crippen LogP contribution in [0.5, 0.6) is 11.5 Å². The average molecular weight is 396 g/mol. The van der Waals surface area contributed by atoms with Crippen LogP contribution in [0, 0.1) is 12.3 Å². The molecule has 0 bridgehead atoms. The number of hydrogen-bond acceptors (Lipinski definition) is 4. The molecule has 6 nitrogen and oxygen atoms in total. The summed E-state index contributed by atoms with van der Waals surface area (Å²) in [4.78, 5) is 26.0. The van der Waals surface area contributed by atoms with Gasteiger partial charge < -0.3 is 20.1 Å². The van der Waals surface area contributed by atoms with Crippen molar-refractivity contribution in [1.82, 2.24) is 0 Å². The van der Waals surface area contributed by atoms with E-state index in [1.807, 2.05) is 25.1 Å². The SMILES string of the molecule is COc1ccc(NC(=O)C2(C(=O)Nc3c(C)cccc3C(C)C)CC2)cc1OC. The fourth-order valence-electron chi connectivity index (χ4n) is 3.42. The minimum absolute atomic E-state index is 0.258. The van der Waals surface area contributed by atoms with Crippen LogP contribution in [0.15, 0.2) is 36.4 Å². The number of ether oxygens (including phenoxy) is 2. The van der Waals surface area contributed by atoms with Crippen molar-refractivity contribution in [2.75, 3.05) is 24.9 Å². The van der Waals surface area contributed by atoms with Gasteiger partial charge in [0.2, 0.25) is 11.8 Å². The number of amides is 2. The largest absolute Gasteiger partial charge is 0.493 e. The lowest BCUT2D eigenvalue weighted by atomic mass is 9.97. The van der Waals surface area contributed by atoms with Gasteiger partial charge >= 0.3 is 0 Å². The summed E-state index contributed by atoms with van der Waals surface area (Å²) in [5.41, 5.74) is 2.38. The van der Waals surface area contributed by atoms with Crippen molar-refractivity contribution in [3.63, 3.8) is 0 Å². The van der Waals surface area contributed by atoms with Gasteiger partial charge in [-0.25, -0.2) is 0 Å². The van der Waals surface area contributed by atoms with E-state index in [2.05, 4.69) is 24.5 Å². The van der Waals surface area contributed by atoms with E-state index >= 15 is 0 Å². The molecule has 6 heteroatoms. The van der Waals surface area contributed by atoms with E-state index in [0.29, 0.717) is 30.0 Å². The lowest BCUT2D eigenvalue weighted by molar-refractivity contribution is -0.131. The van der Waals surface area contributed by atoms with Crippen LogP contribution in [0.3, 0.4) is 0 Å². The highest BCUT2D eigenvalue weighted by Gasteiger charge is 2.56. The predicted molar refractivity (Wildman–Crippen MR) is 114 cm³/mol. The van der Waals surface area contributed by atoms with E-state index in [1.54, 1.807) is 25.3 Å². The van der Waals surface area contributed by atoms with E-state index in [4.69, 9.17) is 9.47 Å². The van der Waals surface area contributed by atoms with Gasteiger partial charge in [-0.2, -0.15) is 0 Å². The summed E-state index contributed by atoms with van der Waals surface area (Å²) in [7, 11) is 3.09. The summed E-state index contributed by atoms with van der Waals surface area (Å²) in [6.07, 6.45) is 1.06. The number of nitrogens with one attached hydrogen (secondary N) is 2. The van der Waals surface area contributed by atoms with Gasteiger partial charge in [0.1, 0.15) is 5.41 Å². The molecule has 0 atom stereocenters.